The zero-order valence-corrected chi connectivity index (χ0v) is 13.6. The number of rotatable bonds is 6. The summed E-state index contributed by atoms with van der Waals surface area (Å²) >= 11 is 0. The van der Waals surface area contributed by atoms with E-state index in [1.807, 2.05) is 0 Å². The number of amides is 2. The molecule has 0 aromatic carbocycles. The Labute approximate surface area is 145 Å². The number of urea groups is 1. The molecule has 0 radical (unpaired) electrons. The van der Waals surface area contributed by atoms with Crippen molar-refractivity contribution in [3.05, 3.63) is 23.9 Å². The molecule has 0 saturated heterocycles. The van der Waals surface area contributed by atoms with E-state index in [4.69, 9.17) is 0 Å². The molecule has 11 heteroatoms. The van der Waals surface area contributed by atoms with Gasteiger partial charge in [0.2, 0.25) is 5.88 Å². The molecule has 1 fully saturated rings. The quantitative estimate of drug-likeness (QED) is 0.660. The average Bonchev–Trinajstić information content (AvgIpc) is 2.46. The third-order valence-electron chi connectivity index (χ3n) is 4.03. The van der Waals surface area contributed by atoms with Gasteiger partial charge in [-0.2, -0.15) is 22.0 Å². The Hall–Kier alpha value is -2.17. The summed E-state index contributed by atoms with van der Waals surface area (Å²) in [6.07, 6.45) is -4.64. The van der Waals surface area contributed by atoms with E-state index in [0.717, 1.165) is 6.07 Å². The highest BCUT2D eigenvalue weighted by Gasteiger charge is 2.48. The monoisotopic (exact) mass is 383 g/mol. The molecule has 1 aromatic rings. The van der Waals surface area contributed by atoms with Crippen LogP contribution in [-0.2, 0) is 0 Å². The maximum absolute atomic E-state index is 12.4. The highest BCUT2D eigenvalue weighted by Crippen LogP contribution is 2.40. The second-order valence-electron chi connectivity index (χ2n) is 6.05. The standard InChI is InChI=1S/C15H18F5N3O3/c1-7(24)12(8-2-3-21-11(4-8)26-13(16)17)23-14(25)22-10-5-9(6-10)15(18,19)20/h2-4,7,9-10,12-13,24H,5-6H2,1H3,(H2,22,23,25)/t7-,9?,10?,12?/m1/s1. The molecule has 1 saturated carbocycles. The van der Waals surface area contributed by atoms with Gasteiger partial charge in [0.25, 0.3) is 0 Å². The summed E-state index contributed by atoms with van der Waals surface area (Å²) in [4.78, 5) is 15.6. The molecule has 146 valence electrons. The topological polar surface area (TPSA) is 83.5 Å². The van der Waals surface area contributed by atoms with E-state index >= 15 is 0 Å². The number of carbonyl (C=O) groups excluding carboxylic acids is 1. The minimum Gasteiger partial charge on any atom is -0.417 e. The molecule has 1 aliphatic rings. The predicted octanol–water partition coefficient (Wildman–Crippen LogP) is 2.75. The van der Waals surface area contributed by atoms with Crippen molar-refractivity contribution in [2.24, 2.45) is 5.92 Å². The van der Waals surface area contributed by atoms with E-state index < -0.39 is 48.8 Å². The number of hydrogen-bond acceptors (Lipinski definition) is 4. The Kier molecular flexibility index (Phi) is 6.21. The van der Waals surface area contributed by atoms with Gasteiger partial charge in [-0.15, -0.1) is 0 Å². The SMILES string of the molecule is C[C@@H](O)C(NC(=O)NC1CC(C(F)(F)F)C1)c1ccnc(OC(F)F)c1. The van der Waals surface area contributed by atoms with E-state index in [1.165, 1.54) is 19.2 Å². The number of carbonyl (C=O) groups is 1. The van der Waals surface area contributed by atoms with E-state index in [9.17, 15) is 31.9 Å². The molecular weight excluding hydrogens is 365 g/mol. The number of aliphatic hydroxyl groups is 1. The molecule has 0 spiro atoms. The highest BCUT2D eigenvalue weighted by molar-refractivity contribution is 5.75. The molecule has 6 nitrogen and oxygen atoms in total. The first-order valence-corrected chi connectivity index (χ1v) is 7.79. The van der Waals surface area contributed by atoms with Crippen LogP contribution >= 0.6 is 0 Å². The van der Waals surface area contributed by atoms with Gasteiger partial charge in [-0.3, -0.25) is 0 Å². The maximum atomic E-state index is 12.4. The molecule has 2 rings (SSSR count). The predicted molar refractivity (Wildman–Crippen MR) is 79.5 cm³/mol. The van der Waals surface area contributed by atoms with Gasteiger partial charge in [-0.05, 0) is 31.4 Å². The lowest BCUT2D eigenvalue weighted by Gasteiger charge is -2.37. The van der Waals surface area contributed by atoms with Crippen molar-refractivity contribution in [1.82, 2.24) is 15.6 Å². The molecule has 1 aliphatic carbocycles. The van der Waals surface area contributed by atoms with Crippen LogP contribution in [0.5, 0.6) is 5.88 Å². The van der Waals surface area contributed by atoms with Gasteiger partial charge in [-0.25, -0.2) is 9.78 Å². The van der Waals surface area contributed by atoms with Crippen molar-refractivity contribution < 1.29 is 36.6 Å². The van der Waals surface area contributed by atoms with Gasteiger partial charge >= 0.3 is 18.8 Å². The largest absolute Gasteiger partial charge is 0.417 e. The van der Waals surface area contributed by atoms with Crippen molar-refractivity contribution >= 4 is 6.03 Å². The van der Waals surface area contributed by atoms with Gasteiger partial charge in [0.15, 0.2) is 0 Å². The van der Waals surface area contributed by atoms with Gasteiger partial charge in [-0.1, -0.05) is 0 Å². The lowest BCUT2D eigenvalue weighted by Crippen LogP contribution is -2.52. The molecule has 0 aliphatic heterocycles. The lowest BCUT2D eigenvalue weighted by molar-refractivity contribution is -0.198. The third kappa shape index (κ3) is 5.41. The van der Waals surface area contributed by atoms with Gasteiger partial charge in [0, 0.05) is 18.3 Å². The van der Waals surface area contributed by atoms with E-state index in [-0.39, 0.29) is 18.4 Å². The van der Waals surface area contributed by atoms with Crippen LogP contribution in [-0.4, -0.2) is 41.1 Å². The minimum absolute atomic E-state index is 0.210. The summed E-state index contributed by atoms with van der Waals surface area (Å²) in [5.41, 5.74) is 0.252. The van der Waals surface area contributed by atoms with Crippen LogP contribution in [0.1, 0.15) is 31.4 Å². The number of pyridine rings is 1. The Morgan fingerprint density at radius 1 is 1.38 bits per heavy atom. The van der Waals surface area contributed by atoms with Crippen molar-refractivity contribution in [3.63, 3.8) is 0 Å². The number of alkyl halides is 5. The summed E-state index contributed by atoms with van der Waals surface area (Å²) in [5.74, 6) is -1.83. The van der Waals surface area contributed by atoms with Crippen molar-refractivity contribution in [3.8, 4) is 5.88 Å². The molecule has 0 bridgehead atoms. The smallest absolute Gasteiger partial charge is 0.391 e. The summed E-state index contributed by atoms with van der Waals surface area (Å²) < 4.78 is 66.0. The molecule has 3 N–H and O–H groups in total. The van der Waals surface area contributed by atoms with E-state index in [2.05, 4.69) is 20.4 Å². The lowest BCUT2D eigenvalue weighted by atomic mass is 9.80. The Morgan fingerprint density at radius 2 is 2.04 bits per heavy atom. The number of aromatic nitrogens is 1. The second kappa shape index (κ2) is 8.02. The van der Waals surface area contributed by atoms with E-state index in [0.29, 0.717) is 0 Å². The van der Waals surface area contributed by atoms with Crippen molar-refractivity contribution in [2.75, 3.05) is 0 Å². The molecule has 26 heavy (non-hydrogen) atoms. The molecule has 1 unspecified atom stereocenters. The Bertz CT molecular complexity index is 621. The van der Waals surface area contributed by atoms with Crippen LogP contribution in [0.4, 0.5) is 26.7 Å². The minimum atomic E-state index is -4.28. The van der Waals surface area contributed by atoms with Crippen LogP contribution in [0, 0.1) is 5.92 Å². The number of halogens is 5. The van der Waals surface area contributed by atoms with Crippen LogP contribution in [0.2, 0.25) is 0 Å². The fourth-order valence-electron chi connectivity index (χ4n) is 2.63. The Balaban J connectivity index is 1.95. The number of nitrogens with one attached hydrogen (secondary N) is 2. The molecular formula is C15H18F5N3O3. The number of hydrogen-bond donors (Lipinski definition) is 3. The summed E-state index contributed by atoms with van der Waals surface area (Å²) in [7, 11) is 0. The normalized spacial score (nSPS) is 22.3. The first kappa shape index (κ1) is 20.1. The first-order valence-electron chi connectivity index (χ1n) is 7.79. The first-order chi connectivity index (χ1) is 12.1. The Morgan fingerprint density at radius 3 is 2.58 bits per heavy atom. The second-order valence-corrected chi connectivity index (χ2v) is 6.05. The molecule has 2 amide bonds. The van der Waals surface area contributed by atoms with E-state index in [1.54, 1.807) is 0 Å². The van der Waals surface area contributed by atoms with Gasteiger partial charge in [0.05, 0.1) is 18.1 Å². The number of nitrogens with zero attached hydrogens (tertiary/aromatic N) is 1. The summed E-state index contributed by atoms with van der Waals surface area (Å²) in [5, 5.41) is 14.6. The van der Waals surface area contributed by atoms with Crippen LogP contribution in [0.3, 0.4) is 0 Å². The zero-order valence-electron chi connectivity index (χ0n) is 13.6. The number of aliphatic hydroxyl groups excluding tert-OH is 1. The summed E-state index contributed by atoms with van der Waals surface area (Å²) in [6, 6.07) is 0.143. The zero-order chi connectivity index (χ0) is 19.5. The van der Waals surface area contributed by atoms with Crippen molar-refractivity contribution in [1.29, 1.82) is 0 Å². The van der Waals surface area contributed by atoms with Crippen LogP contribution < -0.4 is 15.4 Å². The molecule has 1 aromatic heterocycles. The summed E-state index contributed by atoms with van der Waals surface area (Å²) in [6.45, 7) is -1.72. The molecule has 1 heterocycles. The van der Waals surface area contributed by atoms with Crippen LogP contribution in [0.25, 0.3) is 0 Å². The van der Waals surface area contributed by atoms with Gasteiger partial charge in [0.1, 0.15) is 0 Å². The van der Waals surface area contributed by atoms with Crippen molar-refractivity contribution in [2.45, 2.75) is 50.7 Å². The fraction of sp³-hybridized carbons (Fsp3) is 0.600. The van der Waals surface area contributed by atoms with Crippen LogP contribution in [0.15, 0.2) is 18.3 Å². The average molecular weight is 383 g/mol. The molecule has 2 atom stereocenters. The van der Waals surface area contributed by atoms with Gasteiger partial charge < -0.3 is 20.5 Å². The number of ether oxygens (including phenoxy) is 1. The third-order valence-corrected chi connectivity index (χ3v) is 4.03. The maximum Gasteiger partial charge on any atom is 0.391 e. The highest BCUT2D eigenvalue weighted by atomic mass is 19.4. The fourth-order valence-corrected chi connectivity index (χ4v) is 2.63.